The van der Waals surface area contributed by atoms with E-state index in [1.807, 2.05) is 0 Å². The lowest BCUT2D eigenvalue weighted by Crippen LogP contribution is -2.42. The van der Waals surface area contributed by atoms with Crippen LogP contribution in [0, 0.1) is 5.82 Å². The number of amides is 1. The molecular formula is C13H13FN4O3. The maximum atomic E-state index is 13.6. The van der Waals surface area contributed by atoms with Crippen LogP contribution in [0.1, 0.15) is 16.1 Å². The van der Waals surface area contributed by atoms with E-state index in [0.717, 1.165) is 6.07 Å². The van der Waals surface area contributed by atoms with Crippen LogP contribution in [0.5, 0.6) is 0 Å². The van der Waals surface area contributed by atoms with Crippen molar-refractivity contribution in [2.75, 3.05) is 5.73 Å². The fourth-order valence-corrected chi connectivity index (χ4v) is 1.77. The van der Waals surface area contributed by atoms with Crippen molar-refractivity contribution in [2.24, 2.45) is 0 Å². The number of rotatable bonds is 5. The number of anilines is 1. The molecule has 0 aliphatic heterocycles. The zero-order valence-corrected chi connectivity index (χ0v) is 10.8. The number of nitrogens with zero attached hydrogens (tertiary/aromatic N) is 1. The van der Waals surface area contributed by atoms with E-state index in [2.05, 4.69) is 15.3 Å². The van der Waals surface area contributed by atoms with Crippen LogP contribution in [0.15, 0.2) is 30.7 Å². The van der Waals surface area contributed by atoms with Gasteiger partial charge in [-0.15, -0.1) is 0 Å². The van der Waals surface area contributed by atoms with E-state index in [9.17, 15) is 14.0 Å². The Labute approximate surface area is 119 Å². The second-order valence-electron chi connectivity index (χ2n) is 4.38. The lowest BCUT2D eigenvalue weighted by Gasteiger charge is -2.14. The first-order valence-corrected chi connectivity index (χ1v) is 6.03. The summed E-state index contributed by atoms with van der Waals surface area (Å²) in [6.07, 6.45) is 2.86. The van der Waals surface area contributed by atoms with E-state index in [4.69, 9.17) is 10.8 Å². The number of aliphatic carboxylic acids is 1. The lowest BCUT2D eigenvalue weighted by atomic mass is 10.1. The Bertz CT molecular complexity index is 657. The normalized spacial score (nSPS) is 11.9. The highest BCUT2D eigenvalue weighted by Gasteiger charge is 2.23. The molecule has 1 heterocycles. The fourth-order valence-electron chi connectivity index (χ4n) is 1.77. The zero-order valence-electron chi connectivity index (χ0n) is 10.8. The molecule has 8 heteroatoms. The van der Waals surface area contributed by atoms with E-state index in [0.29, 0.717) is 5.69 Å². The monoisotopic (exact) mass is 292 g/mol. The molecule has 110 valence electrons. The molecule has 0 unspecified atom stereocenters. The number of hydrogen-bond donors (Lipinski definition) is 4. The molecular weight excluding hydrogens is 279 g/mol. The molecule has 1 aromatic carbocycles. The van der Waals surface area contributed by atoms with Gasteiger partial charge >= 0.3 is 5.97 Å². The minimum Gasteiger partial charge on any atom is -0.480 e. The maximum Gasteiger partial charge on any atom is 0.326 e. The van der Waals surface area contributed by atoms with E-state index in [1.165, 1.54) is 24.7 Å². The molecule has 0 aliphatic rings. The molecule has 0 bridgehead atoms. The largest absolute Gasteiger partial charge is 0.480 e. The minimum absolute atomic E-state index is 0.0116. The number of carbonyl (C=O) groups is 2. The molecule has 1 aromatic heterocycles. The number of nitrogens with one attached hydrogen (secondary N) is 2. The third-order valence-electron chi connectivity index (χ3n) is 2.82. The lowest BCUT2D eigenvalue weighted by molar-refractivity contribution is -0.139. The summed E-state index contributed by atoms with van der Waals surface area (Å²) < 4.78 is 13.6. The molecule has 0 radical (unpaired) electrons. The molecule has 0 saturated carbocycles. The van der Waals surface area contributed by atoms with Gasteiger partial charge in [0.2, 0.25) is 0 Å². The SMILES string of the molecule is Nc1ccc(C(=O)N[C@H](Cc2cnc[nH]2)C(=O)O)c(F)c1. The summed E-state index contributed by atoms with van der Waals surface area (Å²) in [5.41, 5.74) is 5.85. The number of nitrogens with two attached hydrogens (primary N) is 1. The molecule has 1 atom stereocenters. The Morgan fingerprint density at radius 3 is 2.81 bits per heavy atom. The quantitative estimate of drug-likeness (QED) is 0.600. The Hall–Kier alpha value is -2.90. The third-order valence-corrected chi connectivity index (χ3v) is 2.82. The first-order valence-electron chi connectivity index (χ1n) is 6.03. The number of carboxylic acids is 1. The van der Waals surface area contributed by atoms with Crippen LogP contribution < -0.4 is 11.1 Å². The average Bonchev–Trinajstić information content (AvgIpc) is 2.90. The smallest absolute Gasteiger partial charge is 0.326 e. The molecule has 0 fully saturated rings. The molecule has 0 saturated heterocycles. The van der Waals surface area contributed by atoms with Crippen LogP contribution in [0.4, 0.5) is 10.1 Å². The maximum absolute atomic E-state index is 13.6. The number of aromatic amines is 1. The fraction of sp³-hybridized carbons (Fsp3) is 0.154. The number of carboxylic acid groups (broad SMARTS) is 1. The van der Waals surface area contributed by atoms with Gasteiger partial charge in [-0.3, -0.25) is 4.79 Å². The number of nitrogen functional groups attached to an aromatic ring is 1. The molecule has 5 N–H and O–H groups in total. The van der Waals surface area contributed by atoms with Gasteiger partial charge in [-0.05, 0) is 18.2 Å². The molecule has 2 aromatic rings. The van der Waals surface area contributed by atoms with Gasteiger partial charge in [-0.1, -0.05) is 0 Å². The Morgan fingerprint density at radius 1 is 1.48 bits per heavy atom. The van der Waals surface area contributed by atoms with Crippen LogP contribution in [-0.2, 0) is 11.2 Å². The summed E-state index contributed by atoms with van der Waals surface area (Å²) in [6.45, 7) is 0. The standard InChI is InChI=1S/C13H13FN4O3/c14-10-3-7(15)1-2-9(10)12(19)18-11(13(20)21)4-8-5-16-6-17-8/h1-3,5-6,11H,4,15H2,(H,16,17)(H,18,19)(H,20,21)/t11-/m1/s1. The molecule has 21 heavy (non-hydrogen) atoms. The number of aromatic nitrogens is 2. The second-order valence-corrected chi connectivity index (χ2v) is 4.38. The zero-order chi connectivity index (χ0) is 15.4. The van der Waals surface area contributed by atoms with Crippen LogP contribution in [0.25, 0.3) is 0 Å². The first-order chi connectivity index (χ1) is 9.97. The predicted molar refractivity (Wildman–Crippen MR) is 72.0 cm³/mol. The Balaban J connectivity index is 2.12. The van der Waals surface area contributed by atoms with Crippen molar-refractivity contribution < 1.29 is 19.1 Å². The van der Waals surface area contributed by atoms with Gasteiger partial charge < -0.3 is 21.1 Å². The molecule has 0 spiro atoms. The van der Waals surface area contributed by atoms with Crippen molar-refractivity contribution in [1.82, 2.24) is 15.3 Å². The van der Waals surface area contributed by atoms with E-state index < -0.39 is 23.7 Å². The molecule has 7 nitrogen and oxygen atoms in total. The average molecular weight is 292 g/mol. The predicted octanol–water partition coefficient (Wildman–Crippen LogP) is 0.557. The summed E-state index contributed by atoms with van der Waals surface area (Å²) in [5.74, 6) is -2.86. The number of halogens is 1. The van der Waals surface area contributed by atoms with Gasteiger partial charge in [0.25, 0.3) is 5.91 Å². The van der Waals surface area contributed by atoms with Crippen LogP contribution in [-0.4, -0.2) is 33.0 Å². The number of carbonyl (C=O) groups excluding carboxylic acids is 1. The van der Waals surface area contributed by atoms with Crippen molar-refractivity contribution >= 4 is 17.6 Å². The number of imidazole rings is 1. The van der Waals surface area contributed by atoms with Gasteiger partial charge in [0, 0.05) is 24.0 Å². The van der Waals surface area contributed by atoms with E-state index in [-0.39, 0.29) is 17.7 Å². The summed E-state index contributed by atoms with van der Waals surface area (Å²) in [4.78, 5) is 29.6. The third kappa shape index (κ3) is 3.56. The van der Waals surface area contributed by atoms with Crippen molar-refractivity contribution in [1.29, 1.82) is 0 Å². The highest BCUT2D eigenvalue weighted by atomic mass is 19.1. The van der Waals surface area contributed by atoms with Gasteiger partial charge in [-0.25, -0.2) is 14.2 Å². The van der Waals surface area contributed by atoms with Crippen LogP contribution in [0.2, 0.25) is 0 Å². The Morgan fingerprint density at radius 2 is 2.24 bits per heavy atom. The van der Waals surface area contributed by atoms with Crippen molar-refractivity contribution in [2.45, 2.75) is 12.5 Å². The van der Waals surface area contributed by atoms with Crippen molar-refractivity contribution in [3.05, 3.63) is 47.8 Å². The molecule has 2 rings (SSSR count). The molecule has 0 aliphatic carbocycles. The van der Waals surface area contributed by atoms with Crippen LogP contribution >= 0.6 is 0 Å². The summed E-state index contributed by atoms with van der Waals surface area (Å²) in [6, 6.07) is 2.37. The number of hydrogen-bond acceptors (Lipinski definition) is 4. The van der Waals surface area contributed by atoms with E-state index in [1.54, 1.807) is 0 Å². The highest BCUT2D eigenvalue weighted by molar-refractivity contribution is 5.97. The highest BCUT2D eigenvalue weighted by Crippen LogP contribution is 2.12. The van der Waals surface area contributed by atoms with Crippen molar-refractivity contribution in [3.63, 3.8) is 0 Å². The number of benzene rings is 1. The summed E-state index contributed by atoms with van der Waals surface area (Å²) in [7, 11) is 0. The first kappa shape index (κ1) is 14.5. The Kier molecular flexibility index (Phi) is 4.17. The van der Waals surface area contributed by atoms with Crippen molar-refractivity contribution in [3.8, 4) is 0 Å². The van der Waals surface area contributed by atoms with Gasteiger partial charge in [0.15, 0.2) is 0 Å². The number of H-pyrrole nitrogens is 1. The van der Waals surface area contributed by atoms with Gasteiger partial charge in [-0.2, -0.15) is 0 Å². The van der Waals surface area contributed by atoms with Crippen LogP contribution in [0.3, 0.4) is 0 Å². The second kappa shape index (κ2) is 6.04. The van der Waals surface area contributed by atoms with Gasteiger partial charge in [0.05, 0.1) is 11.9 Å². The van der Waals surface area contributed by atoms with E-state index >= 15 is 0 Å². The molecule has 1 amide bonds. The summed E-state index contributed by atoms with van der Waals surface area (Å²) in [5, 5.41) is 11.4. The minimum atomic E-state index is -1.23. The topological polar surface area (TPSA) is 121 Å². The summed E-state index contributed by atoms with van der Waals surface area (Å²) >= 11 is 0. The van der Waals surface area contributed by atoms with Gasteiger partial charge in [0.1, 0.15) is 11.9 Å².